The van der Waals surface area contributed by atoms with Gasteiger partial charge in [-0.3, -0.25) is 4.90 Å². The van der Waals surface area contributed by atoms with Gasteiger partial charge in [0, 0.05) is 25.2 Å². The highest BCUT2D eigenvalue weighted by Crippen LogP contribution is 2.26. The van der Waals surface area contributed by atoms with Crippen molar-refractivity contribution in [1.29, 1.82) is 0 Å². The van der Waals surface area contributed by atoms with Crippen molar-refractivity contribution in [1.82, 2.24) is 9.21 Å². The van der Waals surface area contributed by atoms with Gasteiger partial charge in [0.15, 0.2) is 0 Å². The van der Waals surface area contributed by atoms with E-state index in [4.69, 9.17) is 4.74 Å². The van der Waals surface area contributed by atoms with Gasteiger partial charge in [0.1, 0.15) is 12.4 Å². The van der Waals surface area contributed by atoms with Crippen LogP contribution < -0.4 is 4.74 Å². The second kappa shape index (κ2) is 8.13. The molecule has 1 aliphatic rings. The predicted octanol–water partition coefficient (Wildman–Crippen LogP) is 2.46. The summed E-state index contributed by atoms with van der Waals surface area (Å²) in [6, 6.07) is 6.14. The van der Waals surface area contributed by atoms with Gasteiger partial charge >= 0.3 is 0 Å². The van der Waals surface area contributed by atoms with Crippen LogP contribution >= 0.6 is 0 Å². The fourth-order valence-corrected chi connectivity index (χ4v) is 4.31. The summed E-state index contributed by atoms with van der Waals surface area (Å²) >= 11 is 0. The van der Waals surface area contributed by atoms with Crippen LogP contribution in [-0.4, -0.2) is 49.6 Å². The minimum Gasteiger partial charge on any atom is -0.492 e. The molecular formula is C17H28N2O3S. The fourth-order valence-electron chi connectivity index (χ4n) is 2.85. The third-order valence-corrected chi connectivity index (χ3v) is 6.25. The van der Waals surface area contributed by atoms with Crippen LogP contribution in [0.1, 0.15) is 38.3 Å². The lowest BCUT2D eigenvalue weighted by Crippen LogP contribution is -2.34. The summed E-state index contributed by atoms with van der Waals surface area (Å²) in [4.78, 5) is 2.34. The van der Waals surface area contributed by atoms with Gasteiger partial charge in [0.05, 0.1) is 5.75 Å². The van der Waals surface area contributed by atoms with Crippen molar-refractivity contribution in [2.45, 2.75) is 40.3 Å². The Bertz CT molecular complexity index is 612. The van der Waals surface area contributed by atoms with Gasteiger partial charge in [-0.25, -0.2) is 8.42 Å². The van der Waals surface area contributed by atoms with Gasteiger partial charge < -0.3 is 4.74 Å². The first-order valence-corrected chi connectivity index (χ1v) is 10.1. The van der Waals surface area contributed by atoms with Crippen LogP contribution in [0.25, 0.3) is 0 Å². The van der Waals surface area contributed by atoms with E-state index >= 15 is 0 Å². The second-order valence-corrected chi connectivity index (χ2v) is 7.99. The van der Waals surface area contributed by atoms with Crippen LogP contribution in [0.15, 0.2) is 18.2 Å². The van der Waals surface area contributed by atoms with Crippen molar-refractivity contribution < 1.29 is 13.2 Å². The number of hydrogen-bond donors (Lipinski definition) is 0. The van der Waals surface area contributed by atoms with E-state index in [0.29, 0.717) is 26.1 Å². The summed E-state index contributed by atoms with van der Waals surface area (Å²) in [7, 11) is -3.20. The molecule has 0 radical (unpaired) electrons. The highest BCUT2D eigenvalue weighted by atomic mass is 32.2. The van der Waals surface area contributed by atoms with Gasteiger partial charge in [0.2, 0.25) is 10.0 Å². The topological polar surface area (TPSA) is 49.9 Å². The monoisotopic (exact) mass is 340 g/mol. The number of fused-ring (bicyclic) bond motifs is 1. The van der Waals surface area contributed by atoms with Crippen molar-refractivity contribution in [3.8, 4) is 5.75 Å². The maximum Gasteiger partial charge on any atom is 0.214 e. The second-order valence-electron chi connectivity index (χ2n) is 5.90. The Kier molecular flexibility index (Phi) is 6.44. The molecule has 0 saturated carbocycles. The molecule has 0 amide bonds. The van der Waals surface area contributed by atoms with E-state index < -0.39 is 10.0 Å². The highest BCUT2D eigenvalue weighted by molar-refractivity contribution is 7.89. The third kappa shape index (κ3) is 4.68. The SMILES string of the molecule is CCCS(=O)(=O)N1CCOc2ccc(CN(CC)CC)cc2C1. The van der Waals surface area contributed by atoms with Crippen LogP contribution in [0.3, 0.4) is 0 Å². The van der Waals surface area contributed by atoms with Crippen molar-refractivity contribution in [3.63, 3.8) is 0 Å². The summed E-state index contributed by atoms with van der Waals surface area (Å²) in [6.45, 7) is 10.3. The molecule has 130 valence electrons. The Labute approximate surface area is 140 Å². The molecule has 2 rings (SSSR count). The van der Waals surface area contributed by atoms with Gasteiger partial charge in [-0.1, -0.05) is 26.8 Å². The normalized spacial score (nSPS) is 16.0. The Morgan fingerprint density at radius 2 is 1.96 bits per heavy atom. The quantitative estimate of drug-likeness (QED) is 0.765. The molecule has 1 aromatic carbocycles. The fraction of sp³-hybridized carbons (Fsp3) is 0.647. The molecule has 0 N–H and O–H groups in total. The average molecular weight is 340 g/mol. The van der Waals surface area contributed by atoms with Gasteiger partial charge in [-0.15, -0.1) is 0 Å². The third-order valence-electron chi connectivity index (χ3n) is 4.23. The molecule has 6 heteroatoms. The first kappa shape index (κ1) is 18.2. The van der Waals surface area contributed by atoms with E-state index in [0.717, 1.165) is 30.9 Å². The van der Waals surface area contributed by atoms with Crippen LogP contribution in [0.2, 0.25) is 0 Å². The largest absolute Gasteiger partial charge is 0.492 e. The van der Waals surface area contributed by atoms with E-state index in [9.17, 15) is 8.42 Å². The first-order valence-electron chi connectivity index (χ1n) is 8.44. The van der Waals surface area contributed by atoms with Crippen molar-refractivity contribution in [2.24, 2.45) is 0 Å². The summed E-state index contributed by atoms with van der Waals surface area (Å²) in [6.07, 6.45) is 0.633. The van der Waals surface area contributed by atoms with Crippen LogP contribution in [-0.2, 0) is 23.1 Å². The lowest BCUT2D eigenvalue weighted by molar-refractivity contribution is 0.292. The van der Waals surface area contributed by atoms with Crippen LogP contribution in [0, 0.1) is 0 Å². The van der Waals surface area contributed by atoms with Crippen LogP contribution in [0.4, 0.5) is 0 Å². The summed E-state index contributed by atoms with van der Waals surface area (Å²) < 4.78 is 32.0. The zero-order valence-electron chi connectivity index (χ0n) is 14.4. The lowest BCUT2D eigenvalue weighted by Gasteiger charge is -2.20. The summed E-state index contributed by atoms with van der Waals surface area (Å²) in [5.74, 6) is 1.00. The zero-order chi connectivity index (χ0) is 16.9. The maximum absolute atomic E-state index is 12.4. The zero-order valence-corrected chi connectivity index (χ0v) is 15.2. The number of ether oxygens (including phenoxy) is 1. The molecule has 0 aliphatic carbocycles. The molecule has 1 aliphatic heterocycles. The van der Waals surface area contributed by atoms with E-state index in [2.05, 4.69) is 30.9 Å². The van der Waals surface area contributed by atoms with Crippen molar-refractivity contribution in [2.75, 3.05) is 32.0 Å². The molecule has 0 atom stereocenters. The summed E-state index contributed by atoms with van der Waals surface area (Å²) in [5, 5.41) is 0. The van der Waals surface area contributed by atoms with Gasteiger partial charge in [-0.05, 0) is 37.2 Å². The number of nitrogens with zero attached hydrogens (tertiary/aromatic N) is 2. The molecule has 0 spiro atoms. The standard InChI is InChI=1S/C17H28N2O3S/c1-4-11-23(20,21)19-9-10-22-17-8-7-15(12-16(17)14-19)13-18(5-2)6-3/h7-8,12H,4-6,9-11,13-14H2,1-3H3. The Hall–Kier alpha value is -1.11. The Morgan fingerprint density at radius 1 is 1.22 bits per heavy atom. The molecular weight excluding hydrogens is 312 g/mol. The predicted molar refractivity (Wildman–Crippen MR) is 93.0 cm³/mol. The number of rotatable bonds is 7. The number of sulfonamides is 1. The van der Waals surface area contributed by atoms with Crippen LogP contribution in [0.5, 0.6) is 5.75 Å². The molecule has 0 fully saturated rings. The minimum absolute atomic E-state index is 0.196. The first-order chi connectivity index (χ1) is 11.0. The molecule has 0 bridgehead atoms. The lowest BCUT2D eigenvalue weighted by atomic mass is 10.1. The van der Waals surface area contributed by atoms with E-state index in [1.165, 1.54) is 5.56 Å². The van der Waals surface area contributed by atoms with Gasteiger partial charge in [0.25, 0.3) is 0 Å². The number of benzene rings is 1. The van der Waals surface area contributed by atoms with Gasteiger partial charge in [-0.2, -0.15) is 4.31 Å². The minimum atomic E-state index is -3.20. The molecule has 0 saturated heterocycles. The summed E-state index contributed by atoms with van der Waals surface area (Å²) in [5.41, 5.74) is 2.16. The smallest absolute Gasteiger partial charge is 0.214 e. The molecule has 23 heavy (non-hydrogen) atoms. The molecule has 0 unspecified atom stereocenters. The van der Waals surface area contributed by atoms with E-state index in [1.54, 1.807) is 4.31 Å². The van der Waals surface area contributed by atoms with E-state index in [-0.39, 0.29) is 5.75 Å². The Morgan fingerprint density at radius 3 is 2.61 bits per heavy atom. The molecule has 1 aromatic rings. The highest BCUT2D eigenvalue weighted by Gasteiger charge is 2.25. The van der Waals surface area contributed by atoms with Crippen molar-refractivity contribution >= 4 is 10.0 Å². The molecule has 1 heterocycles. The Balaban J connectivity index is 2.22. The van der Waals surface area contributed by atoms with Crippen molar-refractivity contribution in [3.05, 3.63) is 29.3 Å². The maximum atomic E-state index is 12.4. The molecule has 0 aromatic heterocycles. The number of hydrogen-bond acceptors (Lipinski definition) is 4. The molecule has 5 nitrogen and oxygen atoms in total. The van der Waals surface area contributed by atoms with E-state index in [1.807, 2.05) is 13.0 Å². The average Bonchev–Trinajstić information content (AvgIpc) is 2.74.